The van der Waals surface area contributed by atoms with Crippen LogP contribution < -0.4 is 10.6 Å². The highest BCUT2D eigenvalue weighted by Gasteiger charge is 2.30. The lowest BCUT2D eigenvalue weighted by atomic mass is 9.84. The molecule has 2 atom stereocenters. The van der Waals surface area contributed by atoms with Gasteiger partial charge in [-0.05, 0) is 18.0 Å². The molecule has 2 N–H and O–H groups in total. The van der Waals surface area contributed by atoms with Crippen LogP contribution in [0.1, 0.15) is 26.3 Å². The van der Waals surface area contributed by atoms with Gasteiger partial charge in [0.2, 0.25) is 5.91 Å². The van der Waals surface area contributed by atoms with Gasteiger partial charge >= 0.3 is 0 Å². The van der Waals surface area contributed by atoms with Crippen molar-refractivity contribution in [3.05, 3.63) is 35.9 Å². The van der Waals surface area contributed by atoms with Crippen molar-refractivity contribution < 1.29 is 4.79 Å². The zero-order valence-electron chi connectivity index (χ0n) is 12.1. The monoisotopic (exact) mass is 260 g/mol. The summed E-state index contributed by atoms with van der Waals surface area (Å²) in [5.41, 5.74) is 1.22. The van der Waals surface area contributed by atoms with E-state index in [0.29, 0.717) is 12.5 Å². The molecule has 3 heteroatoms. The third kappa shape index (κ3) is 3.35. The van der Waals surface area contributed by atoms with Crippen LogP contribution in [-0.4, -0.2) is 25.5 Å². The number of amides is 1. The Balaban J connectivity index is 1.93. The molecule has 0 radical (unpaired) electrons. The molecule has 1 heterocycles. The molecule has 0 aliphatic carbocycles. The van der Waals surface area contributed by atoms with Gasteiger partial charge in [0, 0.05) is 18.5 Å². The van der Waals surface area contributed by atoms with Gasteiger partial charge in [0.15, 0.2) is 0 Å². The summed E-state index contributed by atoms with van der Waals surface area (Å²) in [4.78, 5) is 12.2. The normalized spacial score (nSPS) is 23.3. The minimum Gasteiger partial charge on any atom is -0.355 e. The molecule has 19 heavy (non-hydrogen) atoms. The van der Waals surface area contributed by atoms with E-state index in [1.165, 1.54) is 5.56 Å². The second-order valence-electron chi connectivity index (χ2n) is 6.21. The summed E-state index contributed by atoms with van der Waals surface area (Å²) < 4.78 is 0. The molecule has 1 saturated heterocycles. The van der Waals surface area contributed by atoms with Crippen LogP contribution in [-0.2, 0) is 10.2 Å². The lowest BCUT2D eigenvalue weighted by Crippen LogP contribution is -2.41. The molecule has 0 saturated carbocycles. The van der Waals surface area contributed by atoms with Crippen LogP contribution in [0.25, 0.3) is 0 Å². The van der Waals surface area contributed by atoms with Gasteiger partial charge in [-0.15, -0.1) is 0 Å². The maximum atomic E-state index is 12.2. The average Bonchev–Trinajstić information content (AvgIpc) is 2.83. The van der Waals surface area contributed by atoms with Gasteiger partial charge in [0.25, 0.3) is 0 Å². The third-order valence-corrected chi connectivity index (χ3v) is 4.11. The van der Waals surface area contributed by atoms with E-state index in [1.807, 2.05) is 18.2 Å². The van der Waals surface area contributed by atoms with E-state index in [2.05, 4.69) is 43.5 Å². The van der Waals surface area contributed by atoms with Crippen molar-refractivity contribution in [1.82, 2.24) is 10.6 Å². The van der Waals surface area contributed by atoms with Crippen molar-refractivity contribution >= 4 is 5.91 Å². The molecule has 1 aromatic rings. The lowest BCUT2D eigenvalue weighted by molar-refractivity contribution is -0.125. The third-order valence-electron chi connectivity index (χ3n) is 4.11. The standard InChI is InChI=1S/C16H24N2O/c1-12-9-17-10-14(12)15(19)18-11-16(2,3)13-7-5-4-6-8-13/h4-8,12,14,17H,9-11H2,1-3H3,(H,18,19)/t12-,14-/m1/s1. The van der Waals surface area contributed by atoms with Gasteiger partial charge in [-0.3, -0.25) is 4.79 Å². The van der Waals surface area contributed by atoms with Gasteiger partial charge in [0.05, 0.1) is 5.92 Å². The van der Waals surface area contributed by atoms with Gasteiger partial charge in [-0.2, -0.15) is 0 Å². The van der Waals surface area contributed by atoms with Crippen LogP contribution in [0.4, 0.5) is 0 Å². The van der Waals surface area contributed by atoms with Crippen molar-refractivity contribution in [2.75, 3.05) is 19.6 Å². The highest BCUT2D eigenvalue weighted by molar-refractivity contribution is 5.79. The number of rotatable bonds is 4. The maximum Gasteiger partial charge on any atom is 0.224 e. The largest absolute Gasteiger partial charge is 0.355 e. The van der Waals surface area contributed by atoms with E-state index in [4.69, 9.17) is 0 Å². The fourth-order valence-corrected chi connectivity index (χ4v) is 2.59. The molecule has 0 bridgehead atoms. The predicted molar refractivity (Wildman–Crippen MR) is 78.0 cm³/mol. The number of carbonyl (C=O) groups is 1. The molecule has 1 aromatic carbocycles. The highest BCUT2D eigenvalue weighted by Crippen LogP contribution is 2.22. The summed E-state index contributed by atoms with van der Waals surface area (Å²) in [7, 11) is 0. The van der Waals surface area contributed by atoms with Crippen molar-refractivity contribution in [1.29, 1.82) is 0 Å². The highest BCUT2D eigenvalue weighted by atomic mass is 16.1. The first-order valence-corrected chi connectivity index (χ1v) is 7.04. The average molecular weight is 260 g/mol. The van der Waals surface area contributed by atoms with Crippen LogP contribution in [0.15, 0.2) is 30.3 Å². The van der Waals surface area contributed by atoms with Gasteiger partial charge < -0.3 is 10.6 Å². The Hall–Kier alpha value is -1.35. The zero-order chi connectivity index (χ0) is 13.9. The number of hydrogen-bond acceptors (Lipinski definition) is 2. The van der Waals surface area contributed by atoms with Gasteiger partial charge in [0.1, 0.15) is 0 Å². The molecule has 1 aliphatic heterocycles. The number of carbonyl (C=O) groups excluding carboxylic acids is 1. The van der Waals surface area contributed by atoms with Crippen molar-refractivity contribution in [2.45, 2.75) is 26.2 Å². The van der Waals surface area contributed by atoms with Crippen molar-refractivity contribution in [3.8, 4) is 0 Å². The molecule has 0 spiro atoms. The minimum atomic E-state index is -0.0355. The van der Waals surface area contributed by atoms with Gasteiger partial charge in [-0.25, -0.2) is 0 Å². The smallest absolute Gasteiger partial charge is 0.224 e. The maximum absolute atomic E-state index is 12.2. The van der Waals surface area contributed by atoms with E-state index in [0.717, 1.165) is 13.1 Å². The fraction of sp³-hybridized carbons (Fsp3) is 0.562. The Labute approximate surface area is 115 Å². The molecule has 104 valence electrons. The molecule has 1 aliphatic rings. The van der Waals surface area contributed by atoms with Crippen LogP contribution in [0.5, 0.6) is 0 Å². The number of benzene rings is 1. The van der Waals surface area contributed by atoms with Crippen molar-refractivity contribution in [3.63, 3.8) is 0 Å². The van der Waals surface area contributed by atoms with E-state index in [-0.39, 0.29) is 17.2 Å². The summed E-state index contributed by atoms with van der Waals surface area (Å²) >= 11 is 0. The summed E-state index contributed by atoms with van der Waals surface area (Å²) in [6.07, 6.45) is 0. The van der Waals surface area contributed by atoms with Crippen LogP contribution in [0.3, 0.4) is 0 Å². The van der Waals surface area contributed by atoms with Gasteiger partial charge in [-0.1, -0.05) is 51.1 Å². The zero-order valence-corrected chi connectivity index (χ0v) is 12.1. The first-order valence-electron chi connectivity index (χ1n) is 7.04. The second-order valence-corrected chi connectivity index (χ2v) is 6.21. The first kappa shape index (κ1) is 14.1. The predicted octanol–water partition coefficient (Wildman–Crippen LogP) is 1.94. The Morgan fingerprint density at radius 2 is 2.00 bits per heavy atom. The Morgan fingerprint density at radius 3 is 2.58 bits per heavy atom. The molecule has 1 fully saturated rings. The summed E-state index contributed by atoms with van der Waals surface area (Å²) in [6, 6.07) is 10.3. The second kappa shape index (κ2) is 5.74. The molecule has 0 unspecified atom stereocenters. The summed E-state index contributed by atoms with van der Waals surface area (Å²) in [5.74, 6) is 0.730. The minimum absolute atomic E-state index is 0.0355. The van der Waals surface area contributed by atoms with E-state index in [9.17, 15) is 4.79 Å². The quantitative estimate of drug-likeness (QED) is 0.868. The molecular formula is C16H24N2O. The fourth-order valence-electron chi connectivity index (χ4n) is 2.59. The topological polar surface area (TPSA) is 41.1 Å². The Kier molecular flexibility index (Phi) is 4.25. The summed E-state index contributed by atoms with van der Waals surface area (Å²) in [6.45, 7) is 8.89. The SMILES string of the molecule is C[C@@H]1CNC[C@H]1C(=O)NCC(C)(C)c1ccccc1. The van der Waals surface area contributed by atoms with E-state index < -0.39 is 0 Å². The number of hydrogen-bond donors (Lipinski definition) is 2. The van der Waals surface area contributed by atoms with Crippen molar-refractivity contribution in [2.24, 2.45) is 11.8 Å². The molecule has 3 nitrogen and oxygen atoms in total. The summed E-state index contributed by atoms with van der Waals surface area (Å²) in [5, 5.41) is 6.39. The van der Waals surface area contributed by atoms with E-state index >= 15 is 0 Å². The van der Waals surface area contributed by atoms with Crippen LogP contribution >= 0.6 is 0 Å². The lowest BCUT2D eigenvalue weighted by Gasteiger charge is -2.27. The first-order chi connectivity index (χ1) is 9.00. The Bertz CT molecular complexity index is 428. The Morgan fingerprint density at radius 1 is 1.32 bits per heavy atom. The molecule has 0 aromatic heterocycles. The molecular weight excluding hydrogens is 236 g/mol. The molecule has 1 amide bonds. The van der Waals surface area contributed by atoms with Crippen LogP contribution in [0, 0.1) is 11.8 Å². The number of nitrogens with one attached hydrogen (secondary N) is 2. The van der Waals surface area contributed by atoms with Crippen LogP contribution in [0.2, 0.25) is 0 Å². The molecule has 2 rings (SSSR count). The van der Waals surface area contributed by atoms with E-state index in [1.54, 1.807) is 0 Å².